The zero-order valence-electron chi connectivity index (χ0n) is 12.2. The summed E-state index contributed by atoms with van der Waals surface area (Å²) in [5.41, 5.74) is 5.22. The van der Waals surface area contributed by atoms with E-state index in [4.69, 9.17) is 5.73 Å². The molecule has 1 aromatic rings. The number of urea groups is 1. The number of primary amides is 1. The molecular formula is C14H22N4O2S. The van der Waals surface area contributed by atoms with Gasteiger partial charge in [-0.1, -0.05) is 6.07 Å². The highest BCUT2D eigenvalue weighted by Crippen LogP contribution is 2.23. The Balaban J connectivity index is 1.99. The Bertz CT molecular complexity index is 477. The van der Waals surface area contributed by atoms with Gasteiger partial charge in [-0.2, -0.15) is 0 Å². The number of hydrogen-bond donors (Lipinski definition) is 3. The average Bonchev–Trinajstić information content (AvgIpc) is 3.00. The van der Waals surface area contributed by atoms with Crippen LogP contribution in [0.2, 0.25) is 0 Å². The summed E-state index contributed by atoms with van der Waals surface area (Å²) in [6, 6.07) is 3.22. The summed E-state index contributed by atoms with van der Waals surface area (Å²) < 4.78 is 0. The van der Waals surface area contributed by atoms with Crippen LogP contribution in [-0.2, 0) is 4.79 Å². The second kappa shape index (κ2) is 7.42. The number of amides is 3. The molecule has 2 heterocycles. The van der Waals surface area contributed by atoms with Gasteiger partial charge in [-0.3, -0.25) is 4.79 Å². The van der Waals surface area contributed by atoms with Crippen molar-refractivity contribution in [3.63, 3.8) is 0 Å². The quantitative estimate of drug-likeness (QED) is 0.760. The lowest BCUT2D eigenvalue weighted by molar-refractivity contribution is -0.133. The van der Waals surface area contributed by atoms with Gasteiger partial charge in [0.2, 0.25) is 5.91 Å². The van der Waals surface area contributed by atoms with E-state index < -0.39 is 6.03 Å². The highest BCUT2D eigenvalue weighted by atomic mass is 32.1. The molecule has 21 heavy (non-hydrogen) atoms. The molecule has 7 heteroatoms. The Kier molecular flexibility index (Phi) is 5.58. The molecule has 1 aliphatic rings. The highest BCUT2D eigenvalue weighted by molar-refractivity contribution is 7.10. The minimum atomic E-state index is -0.604. The molecule has 0 aliphatic carbocycles. The van der Waals surface area contributed by atoms with Gasteiger partial charge in [0.25, 0.3) is 0 Å². The van der Waals surface area contributed by atoms with Crippen molar-refractivity contribution in [2.75, 3.05) is 20.1 Å². The fraction of sp³-hybridized carbons (Fsp3) is 0.571. The molecule has 1 saturated heterocycles. The zero-order chi connectivity index (χ0) is 15.2. The molecule has 4 N–H and O–H groups in total. The number of nitrogens with two attached hydrogens (primary N) is 1. The van der Waals surface area contributed by atoms with Crippen molar-refractivity contribution in [1.82, 2.24) is 15.5 Å². The first-order valence-electron chi connectivity index (χ1n) is 7.14. The van der Waals surface area contributed by atoms with E-state index in [0.717, 1.165) is 30.8 Å². The molecule has 2 atom stereocenters. The summed E-state index contributed by atoms with van der Waals surface area (Å²) in [5, 5.41) is 7.81. The first kappa shape index (κ1) is 15.8. The van der Waals surface area contributed by atoms with E-state index >= 15 is 0 Å². The lowest BCUT2D eigenvalue weighted by Gasteiger charge is -2.33. The Labute approximate surface area is 128 Å². The lowest BCUT2D eigenvalue weighted by atomic mass is 10.0. The molecule has 0 saturated carbocycles. The van der Waals surface area contributed by atoms with Crippen LogP contribution in [0, 0.1) is 0 Å². The van der Waals surface area contributed by atoms with Crippen molar-refractivity contribution in [2.45, 2.75) is 31.3 Å². The molecule has 116 valence electrons. The third kappa shape index (κ3) is 4.44. The second-order valence-electron chi connectivity index (χ2n) is 5.25. The van der Waals surface area contributed by atoms with Crippen molar-refractivity contribution in [3.05, 3.63) is 22.4 Å². The first-order valence-corrected chi connectivity index (χ1v) is 8.02. The van der Waals surface area contributed by atoms with Crippen LogP contribution in [-0.4, -0.2) is 43.0 Å². The summed E-state index contributed by atoms with van der Waals surface area (Å²) >= 11 is 1.51. The third-order valence-electron chi connectivity index (χ3n) is 3.76. The minimum absolute atomic E-state index is 0.0575. The Morgan fingerprint density at radius 2 is 2.38 bits per heavy atom. The van der Waals surface area contributed by atoms with E-state index in [1.54, 1.807) is 0 Å². The van der Waals surface area contributed by atoms with Gasteiger partial charge >= 0.3 is 6.03 Å². The highest BCUT2D eigenvalue weighted by Gasteiger charge is 2.26. The van der Waals surface area contributed by atoms with Gasteiger partial charge < -0.3 is 21.3 Å². The molecule has 0 bridgehead atoms. The third-order valence-corrected chi connectivity index (χ3v) is 4.75. The van der Waals surface area contributed by atoms with Crippen molar-refractivity contribution < 1.29 is 9.59 Å². The summed E-state index contributed by atoms with van der Waals surface area (Å²) in [7, 11) is 1.92. The molecule has 0 radical (unpaired) electrons. The number of hydrogen-bond acceptors (Lipinski definition) is 4. The second-order valence-corrected chi connectivity index (χ2v) is 6.23. The van der Waals surface area contributed by atoms with E-state index in [1.165, 1.54) is 11.3 Å². The Morgan fingerprint density at radius 3 is 3.00 bits per heavy atom. The fourth-order valence-electron chi connectivity index (χ4n) is 2.63. The van der Waals surface area contributed by atoms with Gasteiger partial charge in [0.05, 0.1) is 12.5 Å². The smallest absolute Gasteiger partial charge is 0.312 e. The normalized spacial score (nSPS) is 20.0. The van der Waals surface area contributed by atoms with Crippen LogP contribution >= 0.6 is 11.3 Å². The molecule has 2 rings (SSSR count). The molecule has 2 unspecified atom stereocenters. The first-order chi connectivity index (χ1) is 10.1. The van der Waals surface area contributed by atoms with Crippen LogP contribution in [0.15, 0.2) is 17.5 Å². The number of rotatable bonds is 5. The Morgan fingerprint density at radius 1 is 1.57 bits per heavy atom. The van der Waals surface area contributed by atoms with E-state index in [0.29, 0.717) is 6.04 Å². The van der Waals surface area contributed by atoms with E-state index in [9.17, 15) is 9.59 Å². The van der Waals surface area contributed by atoms with Crippen LogP contribution in [0.5, 0.6) is 0 Å². The van der Waals surface area contributed by atoms with Crippen LogP contribution in [0.25, 0.3) is 0 Å². The molecule has 3 amide bonds. The molecule has 1 fully saturated rings. The van der Waals surface area contributed by atoms with Gasteiger partial charge in [-0.25, -0.2) is 4.79 Å². The van der Waals surface area contributed by atoms with Crippen molar-refractivity contribution >= 4 is 23.3 Å². The molecular weight excluding hydrogens is 288 g/mol. The predicted octanol–water partition coefficient (Wildman–Crippen LogP) is 1.06. The molecule has 6 nitrogen and oxygen atoms in total. The maximum atomic E-state index is 12.5. The maximum absolute atomic E-state index is 12.5. The van der Waals surface area contributed by atoms with E-state index in [-0.39, 0.29) is 18.4 Å². The number of thiophene rings is 1. The van der Waals surface area contributed by atoms with Gasteiger partial charge in [0.15, 0.2) is 0 Å². The molecule has 1 aliphatic heterocycles. The van der Waals surface area contributed by atoms with Crippen LogP contribution < -0.4 is 16.4 Å². The number of piperidine rings is 1. The number of likely N-dealkylation sites (tertiary alicyclic amines) is 1. The van der Waals surface area contributed by atoms with Crippen LogP contribution in [0.1, 0.15) is 30.2 Å². The van der Waals surface area contributed by atoms with Crippen molar-refractivity contribution in [1.29, 1.82) is 0 Å². The standard InChI is InChI=1S/C14H22N4O2S/c1-16-10-4-2-6-18(9-10)13(19)8-11(17-14(15)20)12-5-3-7-21-12/h3,5,7,10-11,16H,2,4,6,8-9H2,1H3,(H3,15,17,20). The monoisotopic (exact) mass is 310 g/mol. The summed E-state index contributed by atoms with van der Waals surface area (Å²) in [5.74, 6) is 0.0575. The zero-order valence-corrected chi connectivity index (χ0v) is 13.0. The Hall–Kier alpha value is -1.60. The summed E-state index contributed by atoms with van der Waals surface area (Å²) in [4.78, 5) is 26.4. The molecule has 0 spiro atoms. The summed E-state index contributed by atoms with van der Waals surface area (Å²) in [6.45, 7) is 1.51. The number of nitrogens with one attached hydrogen (secondary N) is 2. The molecule has 1 aromatic heterocycles. The number of nitrogens with zero attached hydrogens (tertiary/aromatic N) is 1. The van der Waals surface area contributed by atoms with Crippen molar-refractivity contribution in [3.8, 4) is 0 Å². The van der Waals surface area contributed by atoms with E-state index in [1.807, 2.05) is 29.5 Å². The van der Waals surface area contributed by atoms with E-state index in [2.05, 4.69) is 10.6 Å². The van der Waals surface area contributed by atoms with Crippen LogP contribution in [0.4, 0.5) is 4.79 Å². The maximum Gasteiger partial charge on any atom is 0.312 e. The topological polar surface area (TPSA) is 87.5 Å². The van der Waals surface area contributed by atoms with Gasteiger partial charge in [-0.05, 0) is 31.3 Å². The van der Waals surface area contributed by atoms with Crippen molar-refractivity contribution in [2.24, 2.45) is 5.73 Å². The van der Waals surface area contributed by atoms with Gasteiger partial charge in [-0.15, -0.1) is 11.3 Å². The summed E-state index contributed by atoms with van der Waals surface area (Å²) in [6.07, 6.45) is 2.35. The minimum Gasteiger partial charge on any atom is -0.352 e. The lowest BCUT2D eigenvalue weighted by Crippen LogP contribution is -2.48. The predicted molar refractivity (Wildman–Crippen MR) is 83.1 cm³/mol. The average molecular weight is 310 g/mol. The fourth-order valence-corrected chi connectivity index (χ4v) is 3.40. The number of carbonyl (C=O) groups excluding carboxylic acids is 2. The van der Waals surface area contributed by atoms with Gasteiger partial charge in [0, 0.05) is 24.0 Å². The van der Waals surface area contributed by atoms with Crippen LogP contribution in [0.3, 0.4) is 0 Å². The largest absolute Gasteiger partial charge is 0.352 e. The van der Waals surface area contributed by atoms with Gasteiger partial charge in [0.1, 0.15) is 0 Å². The SMILES string of the molecule is CNC1CCCN(C(=O)CC(NC(N)=O)c2cccs2)C1. The number of likely N-dealkylation sites (N-methyl/N-ethyl adjacent to an activating group) is 1. The number of carbonyl (C=O) groups is 2. The molecule has 0 aromatic carbocycles.